The summed E-state index contributed by atoms with van der Waals surface area (Å²) in [6.45, 7) is 1.78. The summed E-state index contributed by atoms with van der Waals surface area (Å²) in [6, 6.07) is 19.0. The zero-order chi connectivity index (χ0) is 24.8. The number of carbonyl (C=O) groups excluding carboxylic acids is 1. The van der Waals surface area contributed by atoms with E-state index in [0.717, 1.165) is 23.0 Å². The molecule has 4 aromatic rings. The van der Waals surface area contributed by atoms with Gasteiger partial charge in [-0.05, 0) is 48.7 Å². The molecule has 0 unspecified atom stereocenters. The summed E-state index contributed by atoms with van der Waals surface area (Å²) in [6.07, 6.45) is 2.71. The molecule has 1 fully saturated rings. The summed E-state index contributed by atoms with van der Waals surface area (Å²) >= 11 is 0. The van der Waals surface area contributed by atoms with Gasteiger partial charge in [0.1, 0.15) is 6.04 Å². The molecule has 2 aromatic carbocycles. The van der Waals surface area contributed by atoms with Gasteiger partial charge in [-0.2, -0.15) is 0 Å². The van der Waals surface area contributed by atoms with Crippen LogP contribution >= 0.6 is 0 Å². The van der Waals surface area contributed by atoms with Crippen LogP contribution in [0.2, 0.25) is 0 Å². The highest BCUT2D eigenvalue weighted by Crippen LogP contribution is 2.40. The summed E-state index contributed by atoms with van der Waals surface area (Å²) in [5.74, 6) is -0.817. The van der Waals surface area contributed by atoms with Crippen LogP contribution < -0.4 is 10.9 Å². The van der Waals surface area contributed by atoms with Gasteiger partial charge in [-0.1, -0.05) is 24.3 Å². The Balaban J connectivity index is 1.32. The Morgan fingerprint density at radius 2 is 1.83 bits per heavy atom. The van der Waals surface area contributed by atoms with Gasteiger partial charge >= 0.3 is 5.97 Å². The maximum atomic E-state index is 12.7. The number of pyridine rings is 1. The fourth-order valence-electron chi connectivity index (χ4n) is 5.87. The minimum Gasteiger partial charge on any atom is -0.480 e. The lowest BCUT2D eigenvalue weighted by Gasteiger charge is -2.44. The van der Waals surface area contributed by atoms with Crippen LogP contribution in [0.15, 0.2) is 77.7 Å². The number of nitrogens with zero attached hydrogens (tertiary/aromatic N) is 2. The van der Waals surface area contributed by atoms with Crippen LogP contribution in [0.1, 0.15) is 40.0 Å². The van der Waals surface area contributed by atoms with Crippen molar-refractivity contribution in [1.82, 2.24) is 14.5 Å². The summed E-state index contributed by atoms with van der Waals surface area (Å²) in [5, 5.41) is 14.0. The van der Waals surface area contributed by atoms with Crippen molar-refractivity contribution in [1.29, 1.82) is 0 Å². The van der Waals surface area contributed by atoms with E-state index in [1.54, 1.807) is 36.5 Å². The molecule has 1 amide bonds. The van der Waals surface area contributed by atoms with Crippen molar-refractivity contribution >= 4 is 28.5 Å². The number of benzene rings is 2. The van der Waals surface area contributed by atoms with E-state index in [4.69, 9.17) is 0 Å². The number of hydrogen-bond donors (Lipinski definition) is 3. The van der Waals surface area contributed by atoms with Crippen LogP contribution in [-0.4, -0.2) is 44.5 Å². The number of piperidine rings is 1. The lowest BCUT2D eigenvalue weighted by Crippen LogP contribution is -2.49. The minimum atomic E-state index is -0.917. The number of rotatable bonds is 5. The zero-order valence-corrected chi connectivity index (χ0v) is 19.6. The number of carboxylic acid groups (broad SMARTS) is 1. The van der Waals surface area contributed by atoms with Gasteiger partial charge in [0, 0.05) is 71.2 Å². The quantitative estimate of drug-likeness (QED) is 0.401. The Morgan fingerprint density at radius 1 is 1.00 bits per heavy atom. The molecule has 2 bridgehead atoms. The first kappa shape index (κ1) is 22.3. The van der Waals surface area contributed by atoms with E-state index >= 15 is 0 Å². The van der Waals surface area contributed by atoms with E-state index in [1.165, 1.54) is 0 Å². The number of aromatic nitrogens is 2. The molecule has 2 aromatic heterocycles. The topological polar surface area (TPSA) is 107 Å². The molecule has 2 aliphatic heterocycles. The first-order chi connectivity index (χ1) is 17.5. The van der Waals surface area contributed by atoms with Crippen molar-refractivity contribution in [2.45, 2.75) is 24.9 Å². The van der Waals surface area contributed by atoms with Crippen molar-refractivity contribution < 1.29 is 14.7 Å². The average molecular weight is 483 g/mol. The second-order valence-corrected chi connectivity index (χ2v) is 9.72. The van der Waals surface area contributed by atoms with Crippen LogP contribution in [0.4, 0.5) is 5.69 Å². The van der Waals surface area contributed by atoms with E-state index in [1.807, 2.05) is 45.9 Å². The Labute approximate surface area is 207 Å². The standard InChI is InChI=1S/C28H26N4O4/c33-25-8-4-7-24-19-11-17(15-32(24)25)14-31(16-19)26(28(35)36)22-13-29-23-10-9-20(12-21(22)23)30-27(34)18-5-2-1-3-6-18/h1-10,12-13,17,19,26,29H,11,14-16H2,(H,30,34)(H,35,36)/t17-,19-,26+/m0/s1. The van der Waals surface area contributed by atoms with E-state index in [0.29, 0.717) is 36.4 Å². The third-order valence-electron chi connectivity index (χ3n) is 7.41. The lowest BCUT2D eigenvalue weighted by molar-refractivity contribution is -0.144. The van der Waals surface area contributed by atoms with Gasteiger partial charge in [-0.15, -0.1) is 0 Å². The number of fused-ring (bicyclic) bond motifs is 5. The number of likely N-dealkylation sites (tertiary alicyclic amines) is 1. The smallest absolute Gasteiger partial charge is 0.325 e. The Bertz CT molecular complexity index is 1520. The van der Waals surface area contributed by atoms with Gasteiger partial charge < -0.3 is 20.0 Å². The van der Waals surface area contributed by atoms with Crippen molar-refractivity contribution in [2.24, 2.45) is 5.92 Å². The van der Waals surface area contributed by atoms with E-state index < -0.39 is 12.0 Å². The van der Waals surface area contributed by atoms with E-state index in [-0.39, 0.29) is 23.3 Å². The number of carbonyl (C=O) groups is 2. The van der Waals surface area contributed by atoms with E-state index in [9.17, 15) is 19.5 Å². The maximum absolute atomic E-state index is 12.7. The fraction of sp³-hybridized carbons (Fsp3) is 0.250. The summed E-state index contributed by atoms with van der Waals surface area (Å²) in [7, 11) is 0. The SMILES string of the molecule is O=C(Nc1ccc2[nH]cc([C@H](C(=O)O)N3C[C@@H]4C[C@@H](C3)c3cccc(=O)n3C4)c2c1)c1ccccc1. The highest BCUT2D eigenvalue weighted by atomic mass is 16.4. The van der Waals surface area contributed by atoms with Gasteiger partial charge in [0.2, 0.25) is 0 Å². The molecule has 6 rings (SSSR count). The lowest BCUT2D eigenvalue weighted by atomic mass is 9.82. The van der Waals surface area contributed by atoms with Gasteiger partial charge in [-0.3, -0.25) is 19.3 Å². The highest BCUT2D eigenvalue weighted by Gasteiger charge is 2.40. The highest BCUT2D eigenvalue weighted by molar-refractivity contribution is 6.05. The number of aromatic amines is 1. The predicted octanol–water partition coefficient (Wildman–Crippen LogP) is 3.83. The Morgan fingerprint density at radius 3 is 2.64 bits per heavy atom. The molecule has 182 valence electrons. The minimum absolute atomic E-state index is 0.00661. The molecule has 0 radical (unpaired) electrons. The zero-order valence-electron chi connectivity index (χ0n) is 19.6. The molecule has 0 spiro atoms. The third kappa shape index (κ3) is 3.89. The number of aliphatic carboxylic acids is 1. The normalized spacial score (nSPS) is 20.0. The number of hydrogen-bond acceptors (Lipinski definition) is 4. The predicted molar refractivity (Wildman–Crippen MR) is 136 cm³/mol. The third-order valence-corrected chi connectivity index (χ3v) is 7.41. The number of anilines is 1. The molecular formula is C28H26N4O4. The van der Waals surface area contributed by atoms with Gasteiger partial charge in [0.05, 0.1) is 0 Å². The molecular weight excluding hydrogens is 456 g/mol. The number of nitrogens with one attached hydrogen (secondary N) is 2. The molecule has 4 heterocycles. The maximum Gasteiger partial charge on any atom is 0.325 e. The molecule has 2 aliphatic rings. The van der Waals surface area contributed by atoms with Crippen LogP contribution in [-0.2, 0) is 11.3 Å². The largest absolute Gasteiger partial charge is 0.480 e. The van der Waals surface area contributed by atoms with Crippen LogP contribution in [0.25, 0.3) is 10.9 Å². The van der Waals surface area contributed by atoms with Gasteiger partial charge in [-0.25, -0.2) is 0 Å². The van der Waals surface area contributed by atoms with Crippen LogP contribution in [0.3, 0.4) is 0 Å². The monoisotopic (exact) mass is 482 g/mol. The molecule has 0 saturated carbocycles. The number of amides is 1. The van der Waals surface area contributed by atoms with Crippen LogP contribution in [0.5, 0.6) is 0 Å². The van der Waals surface area contributed by atoms with Crippen molar-refractivity contribution in [3.05, 3.63) is 100 Å². The fourth-order valence-corrected chi connectivity index (χ4v) is 5.87. The molecule has 8 nitrogen and oxygen atoms in total. The molecule has 0 aliphatic carbocycles. The van der Waals surface area contributed by atoms with Gasteiger partial charge in [0.25, 0.3) is 11.5 Å². The summed E-state index contributed by atoms with van der Waals surface area (Å²) < 4.78 is 1.85. The molecule has 3 N–H and O–H groups in total. The van der Waals surface area contributed by atoms with E-state index in [2.05, 4.69) is 10.3 Å². The van der Waals surface area contributed by atoms with Crippen molar-refractivity contribution in [2.75, 3.05) is 18.4 Å². The summed E-state index contributed by atoms with van der Waals surface area (Å²) in [4.78, 5) is 42.9. The first-order valence-electron chi connectivity index (χ1n) is 12.1. The molecule has 8 heteroatoms. The Hall–Kier alpha value is -4.17. The summed E-state index contributed by atoms with van der Waals surface area (Å²) in [5.41, 5.74) is 3.62. The second kappa shape index (κ2) is 8.80. The average Bonchev–Trinajstić information content (AvgIpc) is 3.28. The molecule has 1 saturated heterocycles. The Kier molecular flexibility index (Phi) is 5.45. The second-order valence-electron chi connectivity index (χ2n) is 9.72. The number of H-pyrrole nitrogens is 1. The molecule has 3 atom stereocenters. The first-order valence-corrected chi connectivity index (χ1v) is 12.1. The number of carboxylic acids is 1. The van der Waals surface area contributed by atoms with Crippen LogP contribution in [0, 0.1) is 5.92 Å². The van der Waals surface area contributed by atoms with Gasteiger partial charge in [0.15, 0.2) is 0 Å². The molecule has 36 heavy (non-hydrogen) atoms. The van der Waals surface area contributed by atoms with Crippen molar-refractivity contribution in [3.63, 3.8) is 0 Å². The van der Waals surface area contributed by atoms with Crippen molar-refractivity contribution in [3.8, 4) is 0 Å².